The number of pyridine rings is 1. The number of H-pyrrole nitrogens is 1. The average Bonchev–Trinajstić information content (AvgIpc) is 2.48. The van der Waals surface area contributed by atoms with Crippen molar-refractivity contribution < 1.29 is 0 Å². The summed E-state index contributed by atoms with van der Waals surface area (Å²) in [5.74, 6) is 0. The summed E-state index contributed by atoms with van der Waals surface area (Å²) < 4.78 is 0. The standard InChI is InChI=1S/C17H15ClN2O/c1-10(19)15-16(11-5-3-2-4-6-11)20-14-8-7-12(18)9-13(14)17(15)21/h2-10H,19H2,1H3,(H,20,21). The lowest BCUT2D eigenvalue weighted by Gasteiger charge is -2.14. The molecule has 0 aliphatic rings. The highest BCUT2D eigenvalue weighted by Gasteiger charge is 2.16. The number of halogens is 1. The summed E-state index contributed by atoms with van der Waals surface area (Å²) in [6.45, 7) is 1.81. The summed E-state index contributed by atoms with van der Waals surface area (Å²) in [6, 6.07) is 14.6. The van der Waals surface area contributed by atoms with Crippen molar-refractivity contribution in [2.24, 2.45) is 5.73 Å². The Balaban J connectivity index is 2.42. The predicted octanol–water partition coefficient (Wildman–Crippen LogP) is 3.87. The molecule has 106 valence electrons. The highest BCUT2D eigenvalue weighted by Crippen LogP contribution is 2.26. The Kier molecular flexibility index (Phi) is 3.53. The van der Waals surface area contributed by atoms with Crippen LogP contribution in [0.25, 0.3) is 22.2 Å². The van der Waals surface area contributed by atoms with Crippen LogP contribution in [0.3, 0.4) is 0 Å². The quantitative estimate of drug-likeness (QED) is 0.754. The maximum absolute atomic E-state index is 12.8. The van der Waals surface area contributed by atoms with Gasteiger partial charge >= 0.3 is 0 Å². The lowest BCUT2D eigenvalue weighted by molar-refractivity contribution is 0.810. The molecule has 3 aromatic rings. The Labute approximate surface area is 127 Å². The summed E-state index contributed by atoms with van der Waals surface area (Å²) in [7, 11) is 0. The molecule has 21 heavy (non-hydrogen) atoms. The lowest BCUT2D eigenvalue weighted by atomic mass is 9.98. The molecule has 3 nitrogen and oxygen atoms in total. The highest BCUT2D eigenvalue weighted by atomic mass is 35.5. The van der Waals surface area contributed by atoms with Crippen LogP contribution in [0.5, 0.6) is 0 Å². The molecule has 1 heterocycles. The van der Waals surface area contributed by atoms with Gasteiger partial charge in [0.2, 0.25) is 0 Å². The topological polar surface area (TPSA) is 58.9 Å². The van der Waals surface area contributed by atoms with Gasteiger partial charge in [0.25, 0.3) is 0 Å². The van der Waals surface area contributed by atoms with Gasteiger partial charge in [-0.2, -0.15) is 0 Å². The second-order valence-electron chi connectivity index (χ2n) is 5.09. The Morgan fingerprint density at radius 1 is 1.14 bits per heavy atom. The summed E-state index contributed by atoms with van der Waals surface area (Å²) in [5, 5.41) is 1.10. The number of hydrogen-bond acceptors (Lipinski definition) is 2. The zero-order valence-electron chi connectivity index (χ0n) is 11.6. The second kappa shape index (κ2) is 5.35. The van der Waals surface area contributed by atoms with Crippen LogP contribution in [0.1, 0.15) is 18.5 Å². The molecule has 1 aromatic heterocycles. The molecule has 0 spiro atoms. The fourth-order valence-electron chi connectivity index (χ4n) is 2.54. The average molecular weight is 299 g/mol. The van der Waals surface area contributed by atoms with E-state index in [1.54, 1.807) is 12.1 Å². The smallest absolute Gasteiger partial charge is 0.194 e. The Bertz CT molecular complexity index is 854. The van der Waals surface area contributed by atoms with Crippen molar-refractivity contribution in [1.29, 1.82) is 0 Å². The summed E-state index contributed by atoms with van der Waals surface area (Å²) >= 11 is 6.00. The first kappa shape index (κ1) is 13.9. The van der Waals surface area contributed by atoms with Gasteiger partial charge in [0.15, 0.2) is 5.43 Å². The molecule has 0 aliphatic carbocycles. The molecule has 1 unspecified atom stereocenters. The van der Waals surface area contributed by atoms with E-state index in [2.05, 4.69) is 4.98 Å². The molecule has 3 N–H and O–H groups in total. The van der Waals surface area contributed by atoms with Gasteiger partial charge in [0.05, 0.1) is 5.69 Å². The number of aromatic amines is 1. The maximum Gasteiger partial charge on any atom is 0.194 e. The van der Waals surface area contributed by atoms with E-state index in [4.69, 9.17) is 17.3 Å². The van der Waals surface area contributed by atoms with E-state index in [-0.39, 0.29) is 11.5 Å². The van der Waals surface area contributed by atoms with Gasteiger partial charge in [-0.3, -0.25) is 4.79 Å². The van der Waals surface area contributed by atoms with Crippen molar-refractivity contribution in [2.45, 2.75) is 13.0 Å². The van der Waals surface area contributed by atoms with Crippen LogP contribution in [0.15, 0.2) is 53.3 Å². The molecule has 0 bridgehead atoms. The molecular formula is C17H15ClN2O. The fourth-order valence-corrected chi connectivity index (χ4v) is 2.71. The molecule has 0 fully saturated rings. The molecule has 0 saturated carbocycles. The van der Waals surface area contributed by atoms with Crippen LogP contribution >= 0.6 is 11.6 Å². The second-order valence-corrected chi connectivity index (χ2v) is 5.52. The number of nitrogens with two attached hydrogens (primary N) is 1. The van der Waals surface area contributed by atoms with Crippen LogP contribution in [0.2, 0.25) is 5.02 Å². The number of hydrogen-bond donors (Lipinski definition) is 2. The van der Waals surface area contributed by atoms with E-state index in [9.17, 15) is 4.79 Å². The number of nitrogens with one attached hydrogen (secondary N) is 1. The first-order valence-electron chi connectivity index (χ1n) is 6.74. The SMILES string of the molecule is CC(N)c1c(-c2ccccc2)[nH]c2ccc(Cl)cc2c1=O. The van der Waals surface area contributed by atoms with Crippen molar-refractivity contribution in [3.8, 4) is 11.3 Å². The minimum atomic E-state index is -0.368. The summed E-state index contributed by atoms with van der Waals surface area (Å²) in [6.07, 6.45) is 0. The molecule has 0 amide bonds. The van der Waals surface area contributed by atoms with Crippen molar-refractivity contribution in [2.75, 3.05) is 0 Å². The minimum Gasteiger partial charge on any atom is -0.354 e. The Hall–Kier alpha value is -2.10. The fraction of sp³-hybridized carbons (Fsp3) is 0.118. The van der Waals surface area contributed by atoms with Gasteiger partial charge < -0.3 is 10.7 Å². The van der Waals surface area contributed by atoms with Crippen molar-refractivity contribution >= 4 is 22.5 Å². The zero-order chi connectivity index (χ0) is 15.0. The normalized spacial score (nSPS) is 12.5. The number of fused-ring (bicyclic) bond motifs is 1. The lowest BCUT2D eigenvalue weighted by Crippen LogP contribution is -2.20. The van der Waals surface area contributed by atoms with Crippen LogP contribution in [-0.4, -0.2) is 4.98 Å². The van der Waals surface area contributed by atoms with Gasteiger partial charge in [0, 0.05) is 27.5 Å². The Morgan fingerprint density at radius 3 is 2.52 bits per heavy atom. The maximum atomic E-state index is 12.8. The molecular weight excluding hydrogens is 284 g/mol. The summed E-state index contributed by atoms with van der Waals surface area (Å²) in [5.41, 5.74) is 9.01. The van der Waals surface area contributed by atoms with Crippen LogP contribution in [0, 0.1) is 0 Å². The number of aromatic nitrogens is 1. The zero-order valence-corrected chi connectivity index (χ0v) is 12.3. The van der Waals surface area contributed by atoms with E-state index in [1.165, 1.54) is 0 Å². The van der Waals surface area contributed by atoms with Crippen molar-refractivity contribution in [3.63, 3.8) is 0 Å². The van der Waals surface area contributed by atoms with E-state index in [1.807, 2.05) is 43.3 Å². The molecule has 2 aromatic carbocycles. The van der Waals surface area contributed by atoms with E-state index in [0.717, 1.165) is 16.8 Å². The third-order valence-corrected chi connectivity index (χ3v) is 3.75. The molecule has 3 rings (SSSR count). The van der Waals surface area contributed by atoms with E-state index < -0.39 is 0 Å². The van der Waals surface area contributed by atoms with Gasteiger partial charge in [-0.05, 0) is 30.7 Å². The molecule has 4 heteroatoms. The van der Waals surface area contributed by atoms with Crippen LogP contribution < -0.4 is 11.2 Å². The highest BCUT2D eigenvalue weighted by molar-refractivity contribution is 6.31. The Morgan fingerprint density at radius 2 is 1.86 bits per heavy atom. The third kappa shape index (κ3) is 2.46. The monoisotopic (exact) mass is 298 g/mol. The van der Waals surface area contributed by atoms with Gasteiger partial charge in [-0.1, -0.05) is 41.9 Å². The summed E-state index contributed by atoms with van der Waals surface area (Å²) in [4.78, 5) is 16.1. The first-order chi connectivity index (χ1) is 10.1. The third-order valence-electron chi connectivity index (χ3n) is 3.52. The molecule has 0 radical (unpaired) electrons. The van der Waals surface area contributed by atoms with Crippen LogP contribution in [-0.2, 0) is 0 Å². The molecule has 0 aliphatic heterocycles. The number of benzene rings is 2. The van der Waals surface area contributed by atoms with E-state index in [0.29, 0.717) is 16.0 Å². The number of rotatable bonds is 2. The first-order valence-corrected chi connectivity index (χ1v) is 7.12. The van der Waals surface area contributed by atoms with Crippen LogP contribution in [0.4, 0.5) is 0 Å². The largest absolute Gasteiger partial charge is 0.354 e. The van der Waals surface area contributed by atoms with Gasteiger partial charge in [0.1, 0.15) is 0 Å². The molecule has 0 saturated heterocycles. The molecule has 1 atom stereocenters. The minimum absolute atomic E-state index is 0.0693. The van der Waals surface area contributed by atoms with Crippen molar-refractivity contribution in [3.05, 3.63) is 69.3 Å². The van der Waals surface area contributed by atoms with E-state index >= 15 is 0 Å². The predicted molar refractivity (Wildman–Crippen MR) is 87.6 cm³/mol. The van der Waals surface area contributed by atoms with Crippen molar-refractivity contribution in [1.82, 2.24) is 4.98 Å². The van der Waals surface area contributed by atoms with Gasteiger partial charge in [-0.25, -0.2) is 0 Å². The van der Waals surface area contributed by atoms with Gasteiger partial charge in [-0.15, -0.1) is 0 Å².